The van der Waals surface area contributed by atoms with Crippen molar-refractivity contribution in [1.82, 2.24) is 0 Å². The van der Waals surface area contributed by atoms with Crippen molar-refractivity contribution < 1.29 is 4.74 Å². The summed E-state index contributed by atoms with van der Waals surface area (Å²) in [5, 5.41) is 3.02. The summed E-state index contributed by atoms with van der Waals surface area (Å²) in [6.45, 7) is 0.429. The van der Waals surface area contributed by atoms with Gasteiger partial charge in [0.1, 0.15) is 11.5 Å². The van der Waals surface area contributed by atoms with Crippen LogP contribution in [0.5, 0.6) is 11.5 Å². The Balaban J connectivity index is 2.05. The molecule has 0 spiro atoms. The van der Waals surface area contributed by atoms with Crippen LogP contribution < -0.4 is 15.8 Å². The van der Waals surface area contributed by atoms with Crippen molar-refractivity contribution in [2.24, 2.45) is 5.73 Å². The summed E-state index contributed by atoms with van der Waals surface area (Å²) >= 11 is 0. The SMILES string of the molecule is NCNc1ccc(Oc2ccccc2)cc1. The molecule has 0 heterocycles. The van der Waals surface area contributed by atoms with Gasteiger partial charge in [0, 0.05) is 5.69 Å². The quantitative estimate of drug-likeness (QED) is 0.769. The number of ether oxygens (including phenoxy) is 1. The summed E-state index contributed by atoms with van der Waals surface area (Å²) in [7, 11) is 0. The van der Waals surface area contributed by atoms with Gasteiger partial charge in [0.2, 0.25) is 0 Å². The molecule has 0 aliphatic rings. The van der Waals surface area contributed by atoms with E-state index in [-0.39, 0.29) is 0 Å². The second kappa shape index (κ2) is 5.19. The molecule has 0 saturated carbocycles. The van der Waals surface area contributed by atoms with Crippen LogP contribution in [0.25, 0.3) is 0 Å². The largest absolute Gasteiger partial charge is 0.457 e. The van der Waals surface area contributed by atoms with Gasteiger partial charge in [-0.15, -0.1) is 0 Å². The first-order chi connectivity index (χ1) is 7.88. The standard InChI is InChI=1S/C13H14N2O/c14-10-15-11-6-8-13(9-7-11)16-12-4-2-1-3-5-12/h1-9,15H,10,14H2. The topological polar surface area (TPSA) is 47.3 Å². The second-order valence-corrected chi connectivity index (χ2v) is 3.32. The third-order valence-electron chi connectivity index (χ3n) is 2.14. The number of rotatable bonds is 4. The van der Waals surface area contributed by atoms with Crippen molar-refractivity contribution in [3.8, 4) is 11.5 Å². The first-order valence-corrected chi connectivity index (χ1v) is 5.15. The average molecular weight is 214 g/mol. The van der Waals surface area contributed by atoms with E-state index in [1.807, 2.05) is 54.6 Å². The number of nitrogens with one attached hydrogen (secondary N) is 1. The molecular formula is C13H14N2O. The van der Waals surface area contributed by atoms with Gasteiger partial charge in [-0.1, -0.05) is 18.2 Å². The Morgan fingerprint density at radius 3 is 2.12 bits per heavy atom. The molecule has 3 N–H and O–H groups in total. The molecule has 82 valence electrons. The Labute approximate surface area is 94.9 Å². The summed E-state index contributed by atoms with van der Waals surface area (Å²) in [5.74, 6) is 1.65. The van der Waals surface area contributed by atoms with Crippen LogP contribution in [0.1, 0.15) is 0 Å². The Morgan fingerprint density at radius 2 is 1.50 bits per heavy atom. The van der Waals surface area contributed by atoms with Crippen LogP contribution >= 0.6 is 0 Å². The zero-order chi connectivity index (χ0) is 11.2. The van der Waals surface area contributed by atoms with Crippen molar-refractivity contribution in [2.75, 3.05) is 12.0 Å². The van der Waals surface area contributed by atoms with Gasteiger partial charge in [-0.25, -0.2) is 0 Å². The maximum Gasteiger partial charge on any atom is 0.127 e. The molecule has 0 bridgehead atoms. The van der Waals surface area contributed by atoms with Crippen molar-refractivity contribution in [3.63, 3.8) is 0 Å². The summed E-state index contributed by atoms with van der Waals surface area (Å²) in [6, 6.07) is 17.4. The first kappa shape index (κ1) is 10.5. The van der Waals surface area contributed by atoms with E-state index in [2.05, 4.69) is 5.32 Å². The lowest BCUT2D eigenvalue weighted by atomic mass is 10.3. The van der Waals surface area contributed by atoms with Gasteiger partial charge in [-0.2, -0.15) is 0 Å². The van der Waals surface area contributed by atoms with E-state index in [1.54, 1.807) is 0 Å². The van der Waals surface area contributed by atoms with Crippen LogP contribution in [0.2, 0.25) is 0 Å². The Kier molecular flexibility index (Phi) is 3.41. The van der Waals surface area contributed by atoms with Crippen LogP contribution in [0.4, 0.5) is 5.69 Å². The maximum absolute atomic E-state index is 5.65. The Hall–Kier alpha value is -2.00. The number of hydrogen-bond acceptors (Lipinski definition) is 3. The molecule has 0 atom stereocenters. The van der Waals surface area contributed by atoms with E-state index in [9.17, 15) is 0 Å². The van der Waals surface area contributed by atoms with Crippen LogP contribution in [-0.2, 0) is 0 Å². The van der Waals surface area contributed by atoms with Gasteiger partial charge in [0.15, 0.2) is 0 Å². The molecule has 3 heteroatoms. The van der Waals surface area contributed by atoms with E-state index >= 15 is 0 Å². The van der Waals surface area contributed by atoms with Gasteiger partial charge in [0.25, 0.3) is 0 Å². The van der Waals surface area contributed by atoms with Gasteiger partial charge < -0.3 is 15.8 Å². The minimum Gasteiger partial charge on any atom is -0.457 e. The zero-order valence-corrected chi connectivity index (χ0v) is 8.89. The number of anilines is 1. The molecule has 2 aromatic carbocycles. The Bertz CT molecular complexity index is 425. The van der Waals surface area contributed by atoms with E-state index in [0.29, 0.717) is 6.67 Å². The van der Waals surface area contributed by atoms with Crippen LogP contribution in [0, 0.1) is 0 Å². The lowest BCUT2D eigenvalue weighted by Gasteiger charge is -2.07. The van der Waals surface area contributed by atoms with Crippen LogP contribution in [0.3, 0.4) is 0 Å². The molecule has 0 amide bonds. The van der Waals surface area contributed by atoms with Crippen molar-refractivity contribution in [2.45, 2.75) is 0 Å². The van der Waals surface area contributed by atoms with E-state index in [4.69, 9.17) is 10.5 Å². The van der Waals surface area contributed by atoms with Crippen molar-refractivity contribution in [3.05, 3.63) is 54.6 Å². The summed E-state index contributed by atoms with van der Waals surface area (Å²) in [6.07, 6.45) is 0. The molecule has 0 aromatic heterocycles. The maximum atomic E-state index is 5.65. The second-order valence-electron chi connectivity index (χ2n) is 3.32. The predicted octanol–water partition coefficient (Wildman–Crippen LogP) is 2.81. The molecule has 0 saturated heterocycles. The fourth-order valence-corrected chi connectivity index (χ4v) is 1.38. The number of hydrogen-bond donors (Lipinski definition) is 2. The molecule has 0 aliphatic carbocycles. The molecule has 0 unspecified atom stereocenters. The molecule has 0 fully saturated rings. The molecule has 16 heavy (non-hydrogen) atoms. The highest BCUT2D eigenvalue weighted by Crippen LogP contribution is 2.22. The highest BCUT2D eigenvalue weighted by atomic mass is 16.5. The molecule has 2 rings (SSSR count). The predicted molar refractivity (Wildman–Crippen MR) is 65.6 cm³/mol. The minimum absolute atomic E-state index is 0.429. The normalized spacial score (nSPS) is 9.81. The lowest BCUT2D eigenvalue weighted by molar-refractivity contribution is 0.483. The minimum atomic E-state index is 0.429. The van der Waals surface area contributed by atoms with Crippen LogP contribution in [0.15, 0.2) is 54.6 Å². The molecule has 0 radical (unpaired) electrons. The van der Waals surface area contributed by atoms with Crippen LogP contribution in [-0.4, -0.2) is 6.67 Å². The first-order valence-electron chi connectivity index (χ1n) is 5.15. The third kappa shape index (κ3) is 2.74. The number of nitrogens with two attached hydrogens (primary N) is 1. The summed E-state index contributed by atoms with van der Waals surface area (Å²) in [5.41, 5.74) is 6.37. The molecule has 0 aliphatic heterocycles. The van der Waals surface area contributed by atoms with Crippen molar-refractivity contribution >= 4 is 5.69 Å². The van der Waals surface area contributed by atoms with Gasteiger partial charge in [0.05, 0.1) is 6.67 Å². The monoisotopic (exact) mass is 214 g/mol. The van der Waals surface area contributed by atoms with E-state index in [0.717, 1.165) is 17.2 Å². The lowest BCUT2D eigenvalue weighted by Crippen LogP contribution is -2.10. The smallest absolute Gasteiger partial charge is 0.127 e. The molecule has 2 aromatic rings. The van der Waals surface area contributed by atoms with Crippen molar-refractivity contribution in [1.29, 1.82) is 0 Å². The Morgan fingerprint density at radius 1 is 0.875 bits per heavy atom. The van der Waals surface area contributed by atoms with Gasteiger partial charge >= 0.3 is 0 Å². The van der Waals surface area contributed by atoms with Gasteiger partial charge in [-0.3, -0.25) is 0 Å². The van der Waals surface area contributed by atoms with Gasteiger partial charge in [-0.05, 0) is 36.4 Å². The number of benzene rings is 2. The summed E-state index contributed by atoms with van der Waals surface area (Å²) in [4.78, 5) is 0. The third-order valence-corrected chi connectivity index (χ3v) is 2.14. The highest BCUT2D eigenvalue weighted by molar-refractivity contribution is 5.46. The van der Waals surface area contributed by atoms with E-state index in [1.165, 1.54) is 0 Å². The fourth-order valence-electron chi connectivity index (χ4n) is 1.38. The highest BCUT2D eigenvalue weighted by Gasteiger charge is 1.96. The average Bonchev–Trinajstić information content (AvgIpc) is 2.33. The number of para-hydroxylation sites is 1. The molecular weight excluding hydrogens is 200 g/mol. The summed E-state index contributed by atoms with van der Waals surface area (Å²) < 4.78 is 5.65. The van der Waals surface area contributed by atoms with E-state index < -0.39 is 0 Å². The fraction of sp³-hybridized carbons (Fsp3) is 0.0769. The molecule has 3 nitrogen and oxygen atoms in total. The zero-order valence-electron chi connectivity index (χ0n) is 8.89.